The largest absolute Gasteiger partial charge is 0.356 e. The van der Waals surface area contributed by atoms with E-state index in [-0.39, 0.29) is 4.90 Å². The van der Waals surface area contributed by atoms with Gasteiger partial charge in [-0.15, -0.1) is 0 Å². The summed E-state index contributed by atoms with van der Waals surface area (Å²) in [6.45, 7) is 0.376. The van der Waals surface area contributed by atoms with Crippen molar-refractivity contribution in [1.29, 1.82) is 0 Å². The standard InChI is InChI=1S/C12H15N3O2S/c1-15-6-5-12(9-15)18(16,17)14-11-4-2-3-10(7-11)8-13/h2-7,9,14H,8,13H2,1H3. The van der Waals surface area contributed by atoms with E-state index in [1.54, 1.807) is 48.3 Å². The molecule has 1 aromatic heterocycles. The highest BCUT2D eigenvalue weighted by Crippen LogP contribution is 2.17. The Balaban J connectivity index is 2.27. The normalized spacial score (nSPS) is 11.4. The zero-order chi connectivity index (χ0) is 13.2. The SMILES string of the molecule is Cn1ccc(S(=O)(=O)Nc2cccc(CN)c2)c1. The second kappa shape index (κ2) is 4.83. The number of hydrogen-bond donors (Lipinski definition) is 2. The lowest BCUT2D eigenvalue weighted by atomic mass is 10.2. The van der Waals surface area contributed by atoms with Gasteiger partial charge in [-0.25, -0.2) is 8.42 Å². The molecule has 3 N–H and O–H groups in total. The van der Waals surface area contributed by atoms with Crippen molar-refractivity contribution in [1.82, 2.24) is 4.57 Å². The molecule has 0 atom stereocenters. The average molecular weight is 265 g/mol. The summed E-state index contributed by atoms with van der Waals surface area (Å²) in [5.74, 6) is 0. The Labute approximate surface area is 106 Å². The van der Waals surface area contributed by atoms with Crippen LogP contribution < -0.4 is 10.5 Å². The summed E-state index contributed by atoms with van der Waals surface area (Å²) in [5, 5.41) is 0. The molecule has 0 aliphatic carbocycles. The molecule has 5 nitrogen and oxygen atoms in total. The highest BCUT2D eigenvalue weighted by atomic mass is 32.2. The molecule has 2 rings (SSSR count). The van der Waals surface area contributed by atoms with E-state index >= 15 is 0 Å². The van der Waals surface area contributed by atoms with Crippen molar-refractivity contribution in [3.63, 3.8) is 0 Å². The molecule has 2 aromatic rings. The predicted molar refractivity (Wildman–Crippen MR) is 70.6 cm³/mol. The first kappa shape index (κ1) is 12.7. The Kier molecular flexibility index (Phi) is 3.40. The molecule has 0 unspecified atom stereocenters. The average Bonchev–Trinajstić information content (AvgIpc) is 2.76. The summed E-state index contributed by atoms with van der Waals surface area (Å²) in [4.78, 5) is 0.239. The van der Waals surface area contributed by atoms with E-state index in [0.29, 0.717) is 12.2 Å². The lowest BCUT2D eigenvalue weighted by Gasteiger charge is -2.07. The molecule has 0 fully saturated rings. The van der Waals surface area contributed by atoms with Gasteiger partial charge in [0.05, 0.1) is 0 Å². The third kappa shape index (κ3) is 2.72. The summed E-state index contributed by atoms with van der Waals surface area (Å²) in [5.41, 5.74) is 6.91. The van der Waals surface area contributed by atoms with Crippen LogP contribution in [0.2, 0.25) is 0 Å². The topological polar surface area (TPSA) is 77.1 Å². The van der Waals surface area contributed by atoms with Crippen molar-refractivity contribution in [2.45, 2.75) is 11.4 Å². The number of sulfonamides is 1. The Bertz CT molecular complexity index is 647. The van der Waals surface area contributed by atoms with E-state index in [2.05, 4.69) is 4.72 Å². The minimum absolute atomic E-state index is 0.239. The molecule has 0 bridgehead atoms. The maximum atomic E-state index is 12.1. The Morgan fingerprint density at radius 1 is 1.33 bits per heavy atom. The Morgan fingerprint density at radius 3 is 2.72 bits per heavy atom. The van der Waals surface area contributed by atoms with E-state index in [1.807, 2.05) is 6.07 Å². The number of anilines is 1. The molecular formula is C12H15N3O2S. The van der Waals surface area contributed by atoms with Gasteiger partial charge in [-0.1, -0.05) is 12.1 Å². The van der Waals surface area contributed by atoms with Crippen LogP contribution in [0.25, 0.3) is 0 Å². The zero-order valence-electron chi connectivity index (χ0n) is 10.00. The molecule has 1 aromatic carbocycles. The van der Waals surface area contributed by atoms with Crippen molar-refractivity contribution in [3.8, 4) is 0 Å². The van der Waals surface area contributed by atoms with Crippen LogP contribution in [0, 0.1) is 0 Å². The second-order valence-corrected chi connectivity index (χ2v) is 5.71. The van der Waals surface area contributed by atoms with Gasteiger partial charge in [0.2, 0.25) is 0 Å². The van der Waals surface area contributed by atoms with Crippen LogP contribution in [0.3, 0.4) is 0 Å². The summed E-state index contributed by atoms with van der Waals surface area (Å²) in [7, 11) is -1.76. The molecule has 0 spiro atoms. The van der Waals surface area contributed by atoms with Gasteiger partial charge in [-0.05, 0) is 23.8 Å². The number of aryl methyl sites for hydroxylation is 1. The summed E-state index contributed by atoms with van der Waals surface area (Å²) >= 11 is 0. The number of aromatic nitrogens is 1. The van der Waals surface area contributed by atoms with Gasteiger partial charge in [-0.3, -0.25) is 4.72 Å². The molecule has 0 radical (unpaired) electrons. The molecule has 96 valence electrons. The van der Waals surface area contributed by atoms with Gasteiger partial charge >= 0.3 is 0 Å². The minimum atomic E-state index is -3.53. The first-order chi connectivity index (χ1) is 8.51. The van der Waals surface area contributed by atoms with Crippen molar-refractivity contribution in [2.75, 3.05) is 4.72 Å². The molecular weight excluding hydrogens is 250 g/mol. The van der Waals surface area contributed by atoms with E-state index in [9.17, 15) is 8.42 Å². The molecule has 0 saturated heterocycles. The number of nitrogens with one attached hydrogen (secondary N) is 1. The maximum absolute atomic E-state index is 12.1. The number of nitrogens with two attached hydrogens (primary N) is 1. The van der Waals surface area contributed by atoms with Gasteiger partial charge in [-0.2, -0.15) is 0 Å². The molecule has 0 aliphatic rings. The van der Waals surface area contributed by atoms with Gasteiger partial charge in [0.15, 0.2) is 0 Å². The van der Waals surface area contributed by atoms with Gasteiger partial charge in [0.25, 0.3) is 10.0 Å². The lowest BCUT2D eigenvalue weighted by molar-refractivity contribution is 0.601. The molecule has 0 saturated carbocycles. The Morgan fingerprint density at radius 2 is 2.11 bits per heavy atom. The van der Waals surface area contributed by atoms with Gasteiger partial charge in [0.1, 0.15) is 4.90 Å². The summed E-state index contributed by atoms with van der Waals surface area (Å²) in [6, 6.07) is 8.58. The third-order valence-corrected chi connectivity index (χ3v) is 3.90. The van der Waals surface area contributed by atoms with Crippen LogP contribution in [0.5, 0.6) is 0 Å². The van der Waals surface area contributed by atoms with E-state index in [1.165, 1.54) is 0 Å². The summed E-state index contributed by atoms with van der Waals surface area (Å²) < 4.78 is 28.3. The van der Waals surface area contributed by atoms with Crippen molar-refractivity contribution < 1.29 is 8.42 Å². The van der Waals surface area contributed by atoms with E-state index < -0.39 is 10.0 Å². The third-order valence-electron chi connectivity index (χ3n) is 2.53. The van der Waals surface area contributed by atoms with Crippen LogP contribution >= 0.6 is 0 Å². The first-order valence-electron chi connectivity index (χ1n) is 5.45. The zero-order valence-corrected chi connectivity index (χ0v) is 10.8. The monoisotopic (exact) mass is 265 g/mol. The summed E-state index contributed by atoms with van der Waals surface area (Å²) in [6.07, 6.45) is 3.24. The fourth-order valence-electron chi connectivity index (χ4n) is 1.61. The predicted octanol–water partition coefficient (Wildman–Crippen LogP) is 1.28. The van der Waals surface area contributed by atoms with Gasteiger partial charge in [0, 0.05) is 31.7 Å². The van der Waals surface area contributed by atoms with Crippen molar-refractivity contribution in [3.05, 3.63) is 48.3 Å². The quantitative estimate of drug-likeness (QED) is 0.874. The molecule has 6 heteroatoms. The first-order valence-corrected chi connectivity index (χ1v) is 6.93. The number of benzene rings is 1. The van der Waals surface area contributed by atoms with Crippen LogP contribution in [-0.4, -0.2) is 13.0 Å². The van der Waals surface area contributed by atoms with E-state index in [4.69, 9.17) is 5.73 Å². The fraction of sp³-hybridized carbons (Fsp3) is 0.167. The van der Waals surface area contributed by atoms with Crippen molar-refractivity contribution >= 4 is 15.7 Å². The van der Waals surface area contributed by atoms with Crippen LogP contribution in [-0.2, 0) is 23.6 Å². The minimum Gasteiger partial charge on any atom is -0.356 e. The van der Waals surface area contributed by atoms with Crippen molar-refractivity contribution in [2.24, 2.45) is 12.8 Å². The van der Waals surface area contributed by atoms with E-state index in [0.717, 1.165) is 5.56 Å². The van der Waals surface area contributed by atoms with Crippen LogP contribution in [0.15, 0.2) is 47.6 Å². The number of hydrogen-bond acceptors (Lipinski definition) is 3. The fourth-order valence-corrected chi connectivity index (χ4v) is 2.71. The molecule has 1 heterocycles. The van der Waals surface area contributed by atoms with Crippen LogP contribution in [0.4, 0.5) is 5.69 Å². The number of rotatable bonds is 4. The highest BCUT2D eigenvalue weighted by Gasteiger charge is 2.15. The molecule has 0 amide bonds. The van der Waals surface area contributed by atoms with Gasteiger partial charge < -0.3 is 10.3 Å². The molecule has 0 aliphatic heterocycles. The number of nitrogens with zero attached hydrogens (tertiary/aromatic N) is 1. The maximum Gasteiger partial charge on any atom is 0.263 e. The smallest absolute Gasteiger partial charge is 0.263 e. The molecule has 18 heavy (non-hydrogen) atoms. The highest BCUT2D eigenvalue weighted by molar-refractivity contribution is 7.92. The van der Waals surface area contributed by atoms with Crippen LogP contribution in [0.1, 0.15) is 5.56 Å². The second-order valence-electron chi connectivity index (χ2n) is 4.02. The lowest BCUT2D eigenvalue weighted by Crippen LogP contribution is -2.12. The Hall–Kier alpha value is -1.79.